The number of hydrogen-bond donors (Lipinski definition) is 0. The van der Waals surface area contributed by atoms with Gasteiger partial charge in [-0.15, -0.1) is 0 Å². The molecule has 0 saturated carbocycles. The van der Waals surface area contributed by atoms with Gasteiger partial charge in [0.2, 0.25) is 0 Å². The lowest BCUT2D eigenvalue weighted by Crippen LogP contribution is -1.91. The van der Waals surface area contributed by atoms with E-state index >= 15 is 0 Å². The maximum atomic E-state index is 5.73. The first-order chi connectivity index (χ1) is 7.13. The fourth-order valence-corrected chi connectivity index (χ4v) is 2.12. The molecule has 0 amide bonds. The molecule has 0 aliphatic heterocycles. The first-order valence-electron chi connectivity index (χ1n) is 5.65. The molecule has 0 aliphatic carbocycles. The van der Waals surface area contributed by atoms with Gasteiger partial charge in [0.15, 0.2) is 0 Å². The molecule has 0 bridgehead atoms. The van der Waals surface area contributed by atoms with Crippen molar-refractivity contribution in [3.8, 4) is 0 Å². The van der Waals surface area contributed by atoms with E-state index in [-0.39, 0.29) is 0 Å². The summed E-state index contributed by atoms with van der Waals surface area (Å²) in [5, 5.41) is 1.28. The Morgan fingerprint density at radius 2 is 2.00 bits per heavy atom. The van der Waals surface area contributed by atoms with Gasteiger partial charge in [-0.05, 0) is 36.1 Å². The van der Waals surface area contributed by atoms with Crippen LogP contribution >= 0.6 is 0 Å². The third-order valence-corrected chi connectivity index (χ3v) is 3.03. The maximum absolute atomic E-state index is 5.73. The Morgan fingerprint density at radius 1 is 1.27 bits per heavy atom. The van der Waals surface area contributed by atoms with Crippen LogP contribution < -0.4 is 0 Å². The molecule has 1 aromatic heterocycles. The summed E-state index contributed by atoms with van der Waals surface area (Å²) in [6, 6.07) is 6.46. The van der Waals surface area contributed by atoms with Crippen molar-refractivity contribution in [2.45, 2.75) is 40.0 Å². The first kappa shape index (κ1) is 10.3. The summed E-state index contributed by atoms with van der Waals surface area (Å²) < 4.78 is 5.73. The predicted molar refractivity (Wildman–Crippen MR) is 64.4 cm³/mol. The zero-order valence-electron chi connectivity index (χ0n) is 9.92. The molecule has 1 heterocycles. The molecule has 0 radical (unpaired) electrons. The molecule has 80 valence electrons. The summed E-state index contributed by atoms with van der Waals surface area (Å²) in [4.78, 5) is 0. The lowest BCUT2D eigenvalue weighted by Gasteiger charge is -2.09. The van der Waals surface area contributed by atoms with Crippen molar-refractivity contribution in [2.24, 2.45) is 0 Å². The van der Waals surface area contributed by atoms with Gasteiger partial charge in [-0.1, -0.05) is 26.8 Å². The highest BCUT2D eigenvalue weighted by molar-refractivity contribution is 5.83. The summed E-state index contributed by atoms with van der Waals surface area (Å²) >= 11 is 0. The maximum Gasteiger partial charge on any atom is 0.134 e. The zero-order chi connectivity index (χ0) is 11.0. The first-order valence-corrected chi connectivity index (χ1v) is 5.65. The van der Waals surface area contributed by atoms with Crippen molar-refractivity contribution in [3.05, 3.63) is 35.1 Å². The fraction of sp³-hybridized carbons (Fsp3) is 0.429. The van der Waals surface area contributed by atoms with E-state index in [4.69, 9.17) is 4.42 Å². The molecule has 0 atom stereocenters. The Morgan fingerprint density at radius 3 is 2.60 bits per heavy atom. The van der Waals surface area contributed by atoms with E-state index in [1.165, 1.54) is 16.5 Å². The molecule has 0 unspecified atom stereocenters. The van der Waals surface area contributed by atoms with E-state index in [9.17, 15) is 0 Å². The van der Waals surface area contributed by atoms with Crippen LogP contribution in [0, 0.1) is 6.92 Å². The van der Waals surface area contributed by atoms with Gasteiger partial charge in [-0.2, -0.15) is 0 Å². The number of aryl methyl sites for hydroxylation is 2. The van der Waals surface area contributed by atoms with Crippen molar-refractivity contribution < 1.29 is 4.42 Å². The number of furan rings is 1. The molecule has 1 heteroatoms. The SMILES string of the molecule is CCc1cc2c(C)c(C(C)C)ccc2o1. The van der Waals surface area contributed by atoms with Gasteiger partial charge < -0.3 is 4.42 Å². The second-order valence-corrected chi connectivity index (χ2v) is 4.41. The van der Waals surface area contributed by atoms with E-state index in [1.807, 2.05) is 0 Å². The van der Waals surface area contributed by atoms with Crippen LogP contribution in [0.15, 0.2) is 22.6 Å². The summed E-state index contributed by atoms with van der Waals surface area (Å²) in [5.41, 5.74) is 3.81. The Bertz CT molecular complexity index is 477. The van der Waals surface area contributed by atoms with Crippen LogP contribution in [0.3, 0.4) is 0 Å². The Kier molecular flexibility index (Phi) is 2.56. The third kappa shape index (κ3) is 1.67. The van der Waals surface area contributed by atoms with E-state index in [0.717, 1.165) is 17.8 Å². The fourth-order valence-electron chi connectivity index (χ4n) is 2.12. The minimum Gasteiger partial charge on any atom is -0.461 e. The lowest BCUT2D eigenvalue weighted by atomic mass is 9.96. The highest BCUT2D eigenvalue weighted by atomic mass is 16.3. The van der Waals surface area contributed by atoms with Crippen LogP contribution in [0.1, 0.15) is 43.6 Å². The van der Waals surface area contributed by atoms with E-state index < -0.39 is 0 Å². The minimum absolute atomic E-state index is 0.578. The van der Waals surface area contributed by atoms with E-state index in [1.54, 1.807) is 0 Å². The van der Waals surface area contributed by atoms with Crippen LogP contribution in [0.5, 0.6) is 0 Å². The molecule has 1 nitrogen and oxygen atoms in total. The smallest absolute Gasteiger partial charge is 0.134 e. The van der Waals surface area contributed by atoms with Gasteiger partial charge in [0.1, 0.15) is 11.3 Å². The number of benzene rings is 1. The van der Waals surface area contributed by atoms with Crippen molar-refractivity contribution in [3.63, 3.8) is 0 Å². The normalized spacial score (nSPS) is 11.5. The van der Waals surface area contributed by atoms with Crippen molar-refractivity contribution >= 4 is 11.0 Å². The monoisotopic (exact) mass is 202 g/mol. The molecule has 0 fully saturated rings. The number of hydrogen-bond acceptors (Lipinski definition) is 1. The van der Waals surface area contributed by atoms with Crippen molar-refractivity contribution in [1.29, 1.82) is 0 Å². The Hall–Kier alpha value is -1.24. The zero-order valence-corrected chi connectivity index (χ0v) is 9.92. The molecule has 1 aromatic carbocycles. The average molecular weight is 202 g/mol. The second-order valence-electron chi connectivity index (χ2n) is 4.41. The van der Waals surface area contributed by atoms with E-state index in [0.29, 0.717) is 5.92 Å². The molecule has 15 heavy (non-hydrogen) atoms. The van der Waals surface area contributed by atoms with Gasteiger partial charge in [-0.3, -0.25) is 0 Å². The summed E-state index contributed by atoms with van der Waals surface area (Å²) in [7, 11) is 0. The minimum atomic E-state index is 0.578. The standard InChI is InChI=1S/C14H18O/c1-5-11-8-13-10(4)12(9(2)3)6-7-14(13)15-11/h6-9H,5H2,1-4H3. The Balaban J connectivity index is 2.67. The van der Waals surface area contributed by atoms with E-state index in [2.05, 4.69) is 45.9 Å². The van der Waals surface area contributed by atoms with Crippen LogP contribution in [-0.2, 0) is 6.42 Å². The van der Waals surface area contributed by atoms with Gasteiger partial charge in [0.25, 0.3) is 0 Å². The quantitative estimate of drug-likeness (QED) is 0.702. The third-order valence-electron chi connectivity index (χ3n) is 3.03. The molecule has 2 aromatic rings. The van der Waals surface area contributed by atoms with Crippen LogP contribution in [0.2, 0.25) is 0 Å². The second kappa shape index (κ2) is 3.73. The van der Waals surface area contributed by atoms with Crippen LogP contribution in [-0.4, -0.2) is 0 Å². The molecule has 0 aliphatic rings. The highest BCUT2D eigenvalue weighted by Gasteiger charge is 2.10. The topological polar surface area (TPSA) is 13.1 Å². The average Bonchev–Trinajstić information content (AvgIpc) is 2.61. The summed E-state index contributed by atoms with van der Waals surface area (Å²) in [6.45, 7) is 8.77. The predicted octanol–water partition coefficient (Wildman–Crippen LogP) is 4.43. The van der Waals surface area contributed by atoms with Crippen molar-refractivity contribution in [2.75, 3.05) is 0 Å². The van der Waals surface area contributed by atoms with Gasteiger partial charge in [0, 0.05) is 11.8 Å². The lowest BCUT2D eigenvalue weighted by molar-refractivity contribution is 0.557. The number of rotatable bonds is 2. The van der Waals surface area contributed by atoms with Gasteiger partial charge in [-0.25, -0.2) is 0 Å². The largest absolute Gasteiger partial charge is 0.461 e. The van der Waals surface area contributed by atoms with Crippen LogP contribution in [0.4, 0.5) is 0 Å². The molecule has 0 spiro atoms. The Labute approximate surface area is 91.1 Å². The van der Waals surface area contributed by atoms with Gasteiger partial charge in [0.05, 0.1) is 0 Å². The number of fused-ring (bicyclic) bond motifs is 1. The van der Waals surface area contributed by atoms with Gasteiger partial charge >= 0.3 is 0 Å². The van der Waals surface area contributed by atoms with Crippen LogP contribution in [0.25, 0.3) is 11.0 Å². The van der Waals surface area contributed by atoms with Crippen molar-refractivity contribution in [1.82, 2.24) is 0 Å². The molecule has 0 N–H and O–H groups in total. The molecule has 0 saturated heterocycles. The highest BCUT2D eigenvalue weighted by Crippen LogP contribution is 2.29. The molecule has 2 rings (SSSR count). The summed E-state index contributed by atoms with van der Waals surface area (Å²) in [5.74, 6) is 1.66. The molecular formula is C14H18O. The molecular weight excluding hydrogens is 184 g/mol. The summed E-state index contributed by atoms with van der Waals surface area (Å²) in [6.07, 6.45) is 0.963.